The normalized spacial score (nSPS) is 19.4. The Labute approximate surface area is 108 Å². The van der Waals surface area contributed by atoms with Gasteiger partial charge in [0.25, 0.3) is 0 Å². The predicted octanol–water partition coefficient (Wildman–Crippen LogP) is 1.80. The number of piperidine rings is 1. The largest absolute Gasteiger partial charge is 0.481 e. The molecule has 1 N–H and O–H groups in total. The van der Waals surface area contributed by atoms with Gasteiger partial charge in [-0.25, -0.2) is 4.79 Å². The van der Waals surface area contributed by atoms with Crippen molar-refractivity contribution in [2.75, 3.05) is 26.2 Å². The van der Waals surface area contributed by atoms with Crippen LogP contribution in [0.25, 0.3) is 0 Å². The van der Waals surface area contributed by atoms with E-state index in [2.05, 4.69) is 6.58 Å². The molecule has 1 fully saturated rings. The van der Waals surface area contributed by atoms with Gasteiger partial charge >= 0.3 is 12.0 Å². The summed E-state index contributed by atoms with van der Waals surface area (Å²) in [5.41, 5.74) is 0.928. The van der Waals surface area contributed by atoms with Gasteiger partial charge in [-0.15, -0.1) is 0 Å². The van der Waals surface area contributed by atoms with Crippen LogP contribution in [0, 0.1) is 5.92 Å². The summed E-state index contributed by atoms with van der Waals surface area (Å²) in [5.74, 6) is -1.23. The Kier molecular flexibility index (Phi) is 5.19. The SMILES string of the molecule is C=C(C)CN(CC)C(=O)N1CCCC(C(=O)O)C1. The van der Waals surface area contributed by atoms with E-state index in [4.69, 9.17) is 5.11 Å². The van der Waals surface area contributed by atoms with Gasteiger partial charge in [0.1, 0.15) is 0 Å². The summed E-state index contributed by atoms with van der Waals surface area (Å²) in [5, 5.41) is 9.01. The zero-order chi connectivity index (χ0) is 13.7. The Morgan fingerprint density at radius 3 is 2.67 bits per heavy atom. The number of hydrogen-bond acceptors (Lipinski definition) is 2. The average Bonchev–Trinajstić information content (AvgIpc) is 2.35. The van der Waals surface area contributed by atoms with E-state index in [1.165, 1.54) is 0 Å². The van der Waals surface area contributed by atoms with Crippen molar-refractivity contribution in [1.29, 1.82) is 0 Å². The molecule has 0 spiro atoms. The third kappa shape index (κ3) is 3.75. The van der Waals surface area contributed by atoms with Crippen molar-refractivity contribution in [2.24, 2.45) is 5.92 Å². The molecular formula is C13H22N2O3. The van der Waals surface area contributed by atoms with Crippen LogP contribution in [0.2, 0.25) is 0 Å². The van der Waals surface area contributed by atoms with Crippen LogP contribution in [0.5, 0.6) is 0 Å². The van der Waals surface area contributed by atoms with Crippen molar-refractivity contribution in [3.8, 4) is 0 Å². The van der Waals surface area contributed by atoms with Crippen molar-refractivity contribution in [3.63, 3.8) is 0 Å². The first kappa shape index (κ1) is 14.5. The number of amides is 2. The number of hydrogen-bond donors (Lipinski definition) is 1. The van der Waals surface area contributed by atoms with Gasteiger partial charge in [0, 0.05) is 26.2 Å². The van der Waals surface area contributed by atoms with Crippen molar-refractivity contribution in [2.45, 2.75) is 26.7 Å². The number of rotatable bonds is 4. The van der Waals surface area contributed by atoms with Gasteiger partial charge in [-0.3, -0.25) is 4.79 Å². The molecule has 0 bridgehead atoms. The fourth-order valence-electron chi connectivity index (χ4n) is 2.19. The summed E-state index contributed by atoms with van der Waals surface area (Å²) < 4.78 is 0. The molecule has 0 saturated carbocycles. The Hall–Kier alpha value is -1.52. The maximum Gasteiger partial charge on any atom is 0.320 e. The summed E-state index contributed by atoms with van der Waals surface area (Å²) in [7, 11) is 0. The van der Waals surface area contributed by atoms with Crippen LogP contribution in [0.1, 0.15) is 26.7 Å². The fourth-order valence-corrected chi connectivity index (χ4v) is 2.19. The third-order valence-corrected chi connectivity index (χ3v) is 3.15. The zero-order valence-electron chi connectivity index (χ0n) is 11.2. The maximum absolute atomic E-state index is 12.3. The van der Waals surface area contributed by atoms with E-state index in [1.54, 1.807) is 9.80 Å². The number of nitrogens with zero attached hydrogens (tertiary/aromatic N) is 2. The summed E-state index contributed by atoms with van der Waals surface area (Å²) >= 11 is 0. The Balaban J connectivity index is 2.64. The minimum absolute atomic E-state index is 0.0774. The quantitative estimate of drug-likeness (QED) is 0.778. The molecule has 1 aliphatic rings. The highest BCUT2D eigenvalue weighted by Gasteiger charge is 2.29. The molecule has 1 aliphatic heterocycles. The summed E-state index contributed by atoms with van der Waals surface area (Å²) in [6, 6.07) is -0.0774. The molecule has 5 nitrogen and oxygen atoms in total. The van der Waals surface area contributed by atoms with Crippen LogP contribution >= 0.6 is 0 Å². The van der Waals surface area contributed by atoms with E-state index in [0.29, 0.717) is 32.6 Å². The molecule has 0 aromatic rings. The molecule has 2 amide bonds. The van der Waals surface area contributed by atoms with Crippen LogP contribution in [0.15, 0.2) is 12.2 Å². The van der Waals surface area contributed by atoms with E-state index >= 15 is 0 Å². The lowest BCUT2D eigenvalue weighted by molar-refractivity contribution is -0.143. The topological polar surface area (TPSA) is 60.9 Å². The molecule has 1 rings (SSSR count). The molecule has 0 aliphatic carbocycles. The van der Waals surface area contributed by atoms with Gasteiger partial charge in [0.05, 0.1) is 5.92 Å². The Morgan fingerprint density at radius 1 is 1.50 bits per heavy atom. The first-order valence-corrected chi connectivity index (χ1v) is 6.36. The first-order chi connectivity index (χ1) is 8.45. The number of likely N-dealkylation sites (N-methyl/N-ethyl adjacent to an activating group) is 1. The molecule has 0 aromatic carbocycles. The fraction of sp³-hybridized carbons (Fsp3) is 0.692. The monoisotopic (exact) mass is 254 g/mol. The van der Waals surface area contributed by atoms with Crippen LogP contribution < -0.4 is 0 Å². The Bertz CT molecular complexity index is 341. The number of carboxylic acid groups (broad SMARTS) is 1. The molecule has 0 aromatic heterocycles. The van der Waals surface area contributed by atoms with E-state index in [-0.39, 0.29) is 6.03 Å². The number of likely N-dealkylation sites (tertiary alicyclic amines) is 1. The van der Waals surface area contributed by atoms with Crippen molar-refractivity contribution in [3.05, 3.63) is 12.2 Å². The molecule has 18 heavy (non-hydrogen) atoms. The third-order valence-electron chi connectivity index (χ3n) is 3.15. The predicted molar refractivity (Wildman–Crippen MR) is 69.4 cm³/mol. The molecule has 1 heterocycles. The van der Waals surface area contributed by atoms with Gasteiger partial charge < -0.3 is 14.9 Å². The smallest absolute Gasteiger partial charge is 0.320 e. The number of carbonyl (C=O) groups is 2. The van der Waals surface area contributed by atoms with Crippen LogP contribution in [0.3, 0.4) is 0 Å². The lowest BCUT2D eigenvalue weighted by Gasteiger charge is -2.35. The lowest BCUT2D eigenvalue weighted by Crippen LogP contribution is -2.49. The summed E-state index contributed by atoms with van der Waals surface area (Å²) in [6.07, 6.45) is 1.42. The van der Waals surface area contributed by atoms with E-state index < -0.39 is 11.9 Å². The van der Waals surface area contributed by atoms with Gasteiger partial charge in [0.2, 0.25) is 0 Å². The van der Waals surface area contributed by atoms with Gasteiger partial charge in [-0.1, -0.05) is 12.2 Å². The second-order valence-electron chi connectivity index (χ2n) is 4.88. The van der Waals surface area contributed by atoms with Gasteiger partial charge in [-0.05, 0) is 26.7 Å². The average molecular weight is 254 g/mol. The highest BCUT2D eigenvalue weighted by molar-refractivity contribution is 5.77. The van der Waals surface area contributed by atoms with Crippen molar-refractivity contribution < 1.29 is 14.7 Å². The minimum Gasteiger partial charge on any atom is -0.481 e. The number of carboxylic acids is 1. The van der Waals surface area contributed by atoms with E-state index in [9.17, 15) is 9.59 Å². The van der Waals surface area contributed by atoms with Gasteiger partial charge in [-0.2, -0.15) is 0 Å². The zero-order valence-corrected chi connectivity index (χ0v) is 11.2. The molecule has 1 atom stereocenters. The maximum atomic E-state index is 12.3. The first-order valence-electron chi connectivity index (χ1n) is 6.36. The Morgan fingerprint density at radius 2 is 2.17 bits per heavy atom. The lowest BCUT2D eigenvalue weighted by atomic mass is 9.98. The van der Waals surface area contributed by atoms with Crippen LogP contribution in [-0.2, 0) is 4.79 Å². The second-order valence-corrected chi connectivity index (χ2v) is 4.88. The number of aliphatic carboxylic acids is 1. The molecule has 0 radical (unpaired) electrons. The molecule has 5 heteroatoms. The number of urea groups is 1. The summed E-state index contributed by atoms with van der Waals surface area (Å²) in [4.78, 5) is 26.6. The van der Waals surface area contributed by atoms with E-state index in [0.717, 1.165) is 12.0 Å². The van der Waals surface area contributed by atoms with Crippen molar-refractivity contribution in [1.82, 2.24) is 9.80 Å². The molecule has 1 unspecified atom stereocenters. The number of carbonyl (C=O) groups excluding carboxylic acids is 1. The molecular weight excluding hydrogens is 232 g/mol. The van der Waals surface area contributed by atoms with Crippen LogP contribution in [0.4, 0.5) is 4.79 Å². The highest BCUT2D eigenvalue weighted by Crippen LogP contribution is 2.18. The van der Waals surface area contributed by atoms with E-state index in [1.807, 2.05) is 13.8 Å². The van der Waals surface area contributed by atoms with Gasteiger partial charge in [0.15, 0.2) is 0 Å². The summed E-state index contributed by atoms with van der Waals surface area (Å²) in [6.45, 7) is 9.72. The second kappa shape index (κ2) is 6.42. The minimum atomic E-state index is -0.810. The highest BCUT2D eigenvalue weighted by atomic mass is 16.4. The molecule has 102 valence electrons. The van der Waals surface area contributed by atoms with Crippen LogP contribution in [-0.4, -0.2) is 53.1 Å². The molecule has 1 saturated heterocycles. The van der Waals surface area contributed by atoms with Crippen molar-refractivity contribution >= 4 is 12.0 Å². The standard InChI is InChI=1S/C13H22N2O3/c1-4-14(8-10(2)3)13(18)15-7-5-6-11(9-15)12(16)17/h11H,2,4-9H2,1,3H3,(H,16,17).